The van der Waals surface area contributed by atoms with Gasteiger partial charge in [0.25, 0.3) is 0 Å². The Morgan fingerprint density at radius 3 is 1.44 bits per heavy atom. The molecule has 3 unspecified atom stereocenters. The maximum atomic E-state index is 10.1. The zero-order chi connectivity index (χ0) is 23.6. The van der Waals surface area contributed by atoms with Crippen molar-refractivity contribution >= 4 is 0 Å². The summed E-state index contributed by atoms with van der Waals surface area (Å²) in [5.41, 5.74) is 3.09. The quantitative estimate of drug-likeness (QED) is 0.461. The molecule has 180 valence electrons. The number of hydrogen-bond acceptors (Lipinski definition) is 6. The largest absolute Gasteiger partial charge is 0.394 e. The minimum Gasteiger partial charge on any atom is -0.394 e. The number of aliphatic hydroxyl groups is 1. The molecule has 6 nitrogen and oxygen atoms in total. The molecular weight excluding hydrogens is 432 g/mol. The highest BCUT2D eigenvalue weighted by atomic mass is 16.7. The van der Waals surface area contributed by atoms with Crippen LogP contribution in [0, 0.1) is 0 Å². The SMILES string of the molecule is CO[C@H]1OC(CO)[C@@H](OCc2ccccc2)C(OCc2ccccc2)C1OCc1ccccc1. The van der Waals surface area contributed by atoms with Gasteiger partial charge in [-0.1, -0.05) is 91.0 Å². The molecule has 3 aromatic carbocycles. The Morgan fingerprint density at radius 1 is 0.618 bits per heavy atom. The van der Waals surface area contributed by atoms with E-state index < -0.39 is 30.7 Å². The molecule has 0 aliphatic carbocycles. The minimum atomic E-state index is -0.710. The molecule has 1 aliphatic heterocycles. The first-order valence-corrected chi connectivity index (χ1v) is 11.5. The van der Waals surface area contributed by atoms with Crippen molar-refractivity contribution in [2.24, 2.45) is 0 Å². The fourth-order valence-electron chi connectivity index (χ4n) is 4.08. The van der Waals surface area contributed by atoms with E-state index in [0.29, 0.717) is 19.8 Å². The fourth-order valence-corrected chi connectivity index (χ4v) is 4.08. The van der Waals surface area contributed by atoms with Crippen LogP contribution in [-0.2, 0) is 43.5 Å². The van der Waals surface area contributed by atoms with Crippen molar-refractivity contribution in [1.29, 1.82) is 0 Å². The standard InChI is InChI=1S/C28H32O6/c1-30-28-27(33-20-23-15-9-4-10-16-23)26(32-19-22-13-7-3-8-14-22)25(24(17-29)34-28)31-18-21-11-5-2-6-12-21/h2-16,24-29H,17-20H2,1H3/t24?,25-,26?,27?,28+/m1/s1. The van der Waals surface area contributed by atoms with Crippen LogP contribution in [0.5, 0.6) is 0 Å². The molecular formula is C28H32O6. The highest BCUT2D eigenvalue weighted by molar-refractivity contribution is 5.15. The molecule has 1 heterocycles. The van der Waals surface area contributed by atoms with E-state index >= 15 is 0 Å². The summed E-state index contributed by atoms with van der Waals surface area (Å²) < 4.78 is 30.7. The average molecular weight is 465 g/mol. The summed E-state index contributed by atoms with van der Waals surface area (Å²) in [5, 5.41) is 10.1. The van der Waals surface area contributed by atoms with Gasteiger partial charge in [-0.2, -0.15) is 0 Å². The molecule has 0 bridgehead atoms. The zero-order valence-electron chi connectivity index (χ0n) is 19.4. The third kappa shape index (κ3) is 6.51. The lowest BCUT2D eigenvalue weighted by atomic mass is 9.98. The van der Waals surface area contributed by atoms with Crippen molar-refractivity contribution in [3.05, 3.63) is 108 Å². The van der Waals surface area contributed by atoms with E-state index in [2.05, 4.69) is 0 Å². The molecule has 1 aliphatic rings. The Balaban J connectivity index is 1.56. The Bertz CT molecular complexity index is 895. The predicted molar refractivity (Wildman–Crippen MR) is 128 cm³/mol. The van der Waals surface area contributed by atoms with Gasteiger partial charge in [0.1, 0.15) is 24.4 Å². The minimum absolute atomic E-state index is 0.226. The second-order valence-corrected chi connectivity index (χ2v) is 8.24. The normalized spacial score (nSPS) is 24.7. The second kappa shape index (κ2) is 12.8. The Kier molecular flexibility index (Phi) is 9.21. The van der Waals surface area contributed by atoms with Crippen molar-refractivity contribution < 1.29 is 28.8 Å². The van der Waals surface area contributed by atoms with Crippen molar-refractivity contribution in [3.8, 4) is 0 Å². The Labute approximate surface area is 201 Å². The van der Waals surface area contributed by atoms with Crippen molar-refractivity contribution in [3.63, 3.8) is 0 Å². The van der Waals surface area contributed by atoms with Gasteiger partial charge in [-0.3, -0.25) is 0 Å². The molecule has 0 spiro atoms. The van der Waals surface area contributed by atoms with Gasteiger partial charge in [0, 0.05) is 7.11 Å². The van der Waals surface area contributed by atoms with Crippen LogP contribution in [0.1, 0.15) is 16.7 Å². The molecule has 4 rings (SSSR count). The number of rotatable bonds is 11. The molecule has 3 aromatic rings. The van der Waals surface area contributed by atoms with Gasteiger partial charge in [0.2, 0.25) is 0 Å². The smallest absolute Gasteiger partial charge is 0.186 e. The lowest BCUT2D eigenvalue weighted by Crippen LogP contribution is -2.61. The van der Waals surface area contributed by atoms with Gasteiger partial charge in [-0.25, -0.2) is 0 Å². The lowest BCUT2D eigenvalue weighted by Gasteiger charge is -2.45. The summed E-state index contributed by atoms with van der Waals surface area (Å²) >= 11 is 0. The number of methoxy groups -OCH3 is 1. The number of hydrogen-bond donors (Lipinski definition) is 1. The molecule has 1 fully saturated rings. The van der Waals surface area contributed by atoms with E-state index in [1.165, 1.54) is 0 Å². The molecule has 5 atom stereocenters. The monoisotopic (exact) mass is 464 g/mol. The van der Waals surface area contributed by atoms with Gasteiger partial charge in [0.15, 0.2) is 6.29 Å². The lowest BCUT2D eigenvalue weighted by molar-refractivity contribution is -0.321. The molecule has 1 saturated heterocycles. The molecule has 0 aromatic heterocycles. The first-order valence-electron chi connectivity index (χ1n) is 11.5. The number of ether oxygens (including phenoxy) is 5. The van der Waals surface area contributed by atoms with Crippen LogP contribution in [0.15, 0.2) is 91.0 Å². The summed E-state index contributed by atoms with van der Waals surface area (Å²) in [7, 11) is 1.57. The fraction of sp³-hybridized carbons (Fsp3) is 0.357. The molecule has 34 heavy (non-hydrogen) atoms. The number of benzene rings is 3. The molecule has 6 heteroatoms. The van der Waals surface area contributed by atoms with Crippen LogP contribution >= 0.6 is 0 Å². The highest BCUT2D eigenvalue weighted by Gasteiger charge is 2.48. The third-order valence-electron chi connectivity index (χ3n) is 5.86. The summed E-state index contributed by atoms with van der Waals surface area (Å²) in [6, 6.07) is 29.8. The summed E-state index contributed by atoms with van der Waals surface area (Å²) in [6.07, 6.45) is -2.97. The van der Waals surface area contributed by atoms with E-state index in [-0.39, 0.29) is 6.61 Å². The Hall–Kier alpha value is -2.58. The van der Waals surface area contributed by atoms with Crippen LogP contribution in [0.25, 0.3) is 0 Å². The van der Waals surface area contributed by atoms with Crippen molar-refractivity contribution in [2.45, 2.75) is 50.5 Å². The Morgan fingerprint density at radius 2 is 1.03 bits per heavy atom. The maximum Gasteiger partial charge on any atom is 0.186 e. The highest BCUT2D eigenvalue weighted by Crippen LogP contribution is 2.30. The number of aliphatic hydroxyl groups excluding tert-OH is 1. The average Bonchev–Trinajstić information content (AvgIpc) is 2.91. The predicted octanol–water partition coefficient (Wildman–Crippen LogP) is 4.11. The van der Waals surface area contributed by atoms with Gasteiger partial charge < -0.3 is 28.8 Å². The molecule has 0 amide bonds. The van der Waals surface area contributed by atoms with Crippen LogP contribution in [0.3, 0.4) is 0 Å². The first-order chi connectivity index (χ1) is 16.8. The van der Waals surface area contributed by atoms with E-state index in [1.807, 2.05) is 91.0 Å². The molecule has 1 N–H and O–H groups in total. The van der Waals surface area contributed by atoms with E-state index in [9.17, 15) is 5.11 Å². The summed E-state index contributed by atoms with van der Waals surface area (Å²) in [5.74, 6) is 0. The summed E-state index contributed by atoms with van der Waals surface area (Å²) in [6.45, 7) is 0.876. The maximum absolute atomic E-state index is 10.1. The molecule has 0 saturated carbocycles. The first kappa shape index (κ1) is 24.5. The van der Waals surface area contributed by atoms with Crippen molar-refractivity contribution in [2.75, 3.05) is 13.7 Å². The van der Waals surface area contributed by atoms with Crippen LogP contribution in [-0.4, -0.2) is 49.5 Å². The van der Waals surface area contributed by atoms with Gasteiger partial charge in [-0.15, -0.1) is 0 Å². The van der Waals surface area contributed by atoms with E-state index in [4.69, 9.17) is 23.7 Å². The van der Waals surface area contributed by atoms with Crippen molar-refractivity contribution in [1.82, 2.24) is 0 Å². The van der Waals surface area contributed by atoms with Crippen LogP contribution in [0.4, 0.5) is 0 Å². The zero-order valence-corrected chi connectivity index (χ0v) is 19.4. The molecule has 0 radical (unpaired) electrons. The summed E-state index contributed by atoms with van der Waals surface area (Å²) in [4.78, 5) is 0. The van der Waals surface area contributed by atoms with Crippen LogP contribution < -0.4 is 0 Å². The topological polar surface area (TPSA) is 66.4 Å². The van der Waals surface area contributed by atoms with E-state index in [0.717, 1.165) is 16.7 Å². The van der Waals surface area contributed by atoms with Gasteiger partial charge in [-0.05, 0) is 16.7 Å². The van der Waals surface area contributed by atoms with Gasteiger partial charge >= 0.3 is 0 Å². The van der Waals surface area contributed by atoms with Crippen LogP contribution in [0.2, 0.25) is 0 Å². The third-order valence-corrected chi connectivity index (χ3v) is 5.86. The second-order valence-electron chi connectivity index (χ2n) is 8.24. The van der Waals surface area contributed by atoms with E-state index in [1.54, 1.807) is 7.11 Å². The van der Waals surface area contributed by atoms with Gasteiger partial charge in [0.05, 0.1) is 26.4 Å².